The number of rotatable bonds is 7. The molecule has 0 aliphatic heterocycles. The fourth-order valence-corrected chi connectivity index (χ4v) is 5.24. The molecular formula is C21H26F2N4O4S2. The van der Waals surface area contributed by atoms with Gasteiger partial charge in [-0.3, -0.25) is 19.8 Å². The zero-order chi connectivity index (χ0) is 24.4. The molecule has 1 aromatic carbocycles. The number of thiazole rings is 1. The third-order valence-electron chi connectivity index (χ3n) is 4.81. The minimum absolute atomic E-state index is 0.0794. The van der Waals surface area contributed by atoms with Crippen molar-refractivity contribution < 1.29 is 28.3 Å². The number of benzene rings is 1. The normalized spacial score (nSPS) is 13.1. The summed E-state index contributed by atoms with van der Waals surface area (Å²) in [5.74, 6) is -1.35. The zero-order valence-electron chi connectivity index (χ0n) is 18.3. The summed E-state index contributed by atoms with van der Waals surface area (Å²) < 4.78 is 30.2. The Morgan fingerprint density at radius 2 is 1.97 bits per heavy atom. The number of aromatic nitrogens is 1. The van der Waals surface area contributed by atoms with Crippen molar-refractivity contribution >= 4 is 58.0 Å². The van der Waals surface area contributed by atoms with Crippen LogP contribution < -0.4 is 15.5 Å². The monoisotopic (exact) mass is 500 g/mol. The van der Waals surface area contributed by atoms with Gasteiger partial charge < -0.3 is 10.4 Å². The summed E-state index contributed by atoms with van der Waals surface area (Å²) in [5.41, 5.74) is -0.635. The van der Waals surface area contributed by atoms with E-state index in [9.17, 15) is 14.0 Å². The molecule has 0 spiro atoms. The van der Waals surface area contributed by atoms with Crippen molar-refractivity contribution in [3.05, 3.63) is 30.0 Å². The number of thioether (sulfide) groups is 1. The highest BCUT2D eigenvalue weighted by molar-refractivity contribution is 8.01. The van der Waals surface area contributed by atoms with Crippen LogP contribution >= 0.6 is 23.1 Å². The summed E-state index contributed by atoms with van der Waals surface area (Å²) in [4.78, 5) is 38.3. The molecule has 1 heterocycles. The Balaban J connectivity index is 0.00000122. The number of carboxylic acid groups (broad SMARTS) is 1. The van der Waals surface area contributed by atoms with Crippen molar-refractivity contribution in [1.29, 1.82) is 0 Å². The van der Waals surface area contributed by atoms with E-state index in [4.69, 9.17) is 9.90 Å². The number of nitrogens with one attached hydrogen (secondary N) is 2. The highest BCUT2D eigenvalue weighted by Gasteiger charge is 2.28. The molecule has 0 radical (unpaired) electrons. The quantitative estimate of drug-likeness (QED) is 0.346. The Morgan fingerprint density at radius 1 is 1.30 bits per heavy atom. The topological polar surface area (TPSA) is 112 Å². The van der Waals surface area contributed by atoms with E-state index in [1.54, 1.807) is 18.0 Å². The molecule has 1 aliphatic carbocycles. The van der Waals surface area contributed by atoms with E-state index in [-0.39, 0.29) is 18.1 Å². The first-order chi connectivity index (χ1) is 15.8. The number of urea groups is 1. The zero-order valence-corrected chi connectivity index (χ0v) is 19.9. The molecule has 1 fully saturated rings. The molecule has 1 aromatic heterocycles. The molecule has 3 N–H and O–H groups in total. The maximum absolute atomic E-state index is 15.1. The first-order valence-electron chi connectivity index (χ1n) is 10.3. The van der Waals surface area contributed by atoms with Crippen LogP contribution in [0.2, 0.25) is 0 Å². The molecule has 3 rings (SSSR count). The third-order valence-corrected chi connectivity index (χ3v) is 6.80. The fraction of sp³-hybridized carbons (Fsp3) is 0.429. The summed E-state index contributed by atoms with van der Waals surface area (Å²) in [6.07, 6.45) is 5.70. The van der Waals surface area contributed by atoms with Gasteiger partial charge in [0.25, 0.3) is 6.47 Å². The lowest BCUT2D eigenvalue weighted by molar-refractivity contribution is -0.123. The average Bonchev–Trinajstić information content (AvgIpc) is 3.43. The third kappa shape index (κ3) is 7.67. The molecule has 33 heavy (non-hydrogen) atoms. The predicted octanol–water partition coefficient (Wildman–Crippen LogP) is 5.42. The van der Waals surface area contributed by atoms with E-state index in [1.807, 2.05) is 6.92 Å². The number of halogens is 2. The summed E-state index contributed by atoms with van der Waals surface area (Å²) in [6, 6.07) is 1.74. The molecule has 12 heteroatoms. The molecule has 0 atom stereocenters. The van der Waals surface area contributed by atoms with E-state index in [1.165, 1.54) is 29.2 Å². The second-order valence-corrected chi connectivity index (χ2v) is 9.75. The van der Waals surface area contributed by atoms with E-state index in [0.29, 0.717) is 11.7 Å². The van der Waals surface area contributed by atoms with Gasteiger partial charge in [-0.05, 0) is 36.6 Å². The van der Waals surface area contributed by atoms with Gasteiger partial charge in [0.1, 0.15) is 11.5 Å². The minimum Gasteiger partial charge on any atom is -0.483 e. The van der Waals surface area contributed by atoms with Crippen LogP contribution in [0.1, 0.15) is 39.5 Å². The lowest BCUT2D eigenvalue weighted by Crippen LogP contribution is -2.39. The van der Waals surface area contributed by atoms with Crippen LogP contribution in [0.5, 0.6) is 0 Å². The van der Waals surface area contributed by atoms with Gasteiger partial charge in [0.15, 0.2) is 10.9 Å². The first-order valence-corrected chi connectivity index (χ1v) is 12.1. The molecule has 2 aromatic rings. The molecule has 180 valence electrons. The smallest absolute Gasteiger partial charge is 0.328 e. The van der Waals surface area contributed by atoms with Gasteiger partial charge >= 0.3 is 6.03 Å². The van der Waals surface area contributed by atoms with Gasteiger partial charge in [-0.25, -0.2) is 18.6 Å². The van der Waals surface area contributed by atoms with Crippen LogP contribution in [0, 0.1) is 17.6 Å². The number of carbonyl (C=O) groups is 3. The molecule has 0 unspecified atom stereocenters. The number of carbonyl (C=O) groups excluding carboxylic acids is 2. The predicted molar refractivity (Wildman–Crippen MR) is 126 cm³/mol. The van der Waals surface area contributed by atoms with E-state index >= 15 is 4.39 Å². The SMILES string of the molecule is CCSc1cnc(NC(=O)N(CC2CCCC2)c2ccc(F)c(NC(C)=O)c2F)s1.O=CO. The Bertz CT molecular complexity index is 968. The van der Waals surface area contributed by atoms with Gasteiger partial charge in [0.05, 0.1) is 16.1 Å². The lowest BCUT2D eigenvalue weighted by Gasteiger charge is -2.26. The van der Waals surface area contributed by atoms with Gasteiger partial charge in [-0.15, -0.1) is 11.8 Å². The van der Waals surface area contributed by atoms with Crippen molar-refractivity contribution in [3.8, 4) is 0 Å². The number of nitrogens with zero attached hydrogens (tertiary/aromatic N) is 2. The number of hydrogen-bond acceptors (Lipinski definition) is 6. The highest BCUT2D eigenvalue weighted by atomic mass is 32.2. The highest BCUT2D eigenvalue weighted by Crippen LogP contribution is 2.33. The van der Waals surface area contributed by atoms with E-state index in [2.05, 4.69) is 15.6 Å². The van der Waals surface area contributed by atoms with Gasteiger partial charge in [-0.2, -0.15) is 0 Å². The fourth-order valence-electron chi connectivity index (χ4n) is 3.47. The molecule has 0 saturated heterocycles. The van der Waals surface area contributed by atoms with E-state index in [0.717, 1.165) is 41.7 Å². The summed E-state index contributed by atoms with van der Waals surface area (Å²) in [5, 5.41) is 12.2. The van der Waals surface area contributed by atoms with Gasteiger partial charge in [0.2, 0.25) is 5.91 Å². The van der Waals surface area contributed by atoms with Crippen molar-refractivity contribution in [1.82, 2.24) is 4.98 Å². The Hall–Kier alpha value is -2.73. The maximum atomic E-state index is 15.1. The molecule has 8 nitrogen and oxygen atoms in total. The second kappa shape index (κ2) is 13.1. The minimum atomic E-state index is -0.972. The Kier molecular flexibility index (Phi) is 10.5. The van der Waals surface area contributed by atoms with Crippen LogP contribution in [0.3, 0.4) is 0 Å². The van der Waals surface area contributed by atoms with Crippen molar-refractivity contribution in [2.45, 2.75) is 43.7 Å². The van der Waals surface area contributed by atoms with E-state index < -0.39 is 29.3 Å². The van der Waals surface area contributed by atoms with Gasteiger partial charge in [-0.1, -0.05) is 31.1 Å². The number of hydrogen-bond donors (Lipinski definition) is 3. The molecule has 1 saturated carbocycles. The van der Waals surface area contributed by atoms with Crippen molar-refractivity contribution in [2.24, 2.45) is 5.92 Å². The number of anilines is 3. The average molecular weight is 501 g/mol. The standard InChI is InChI=1S/C20H24F2N4O2S2.CH2O2/c1-3-29-16-10-23-19(30-16)25-20(28)26(11-13-6-4-5-7-13)15-9-8-14(21)18(17(15)22)24-12(2)27;2-1-3/h8-10,13H,3-7,11H2,1-2H3,(H,24,27)(H,23,25,28);1H,(H,2,3). The van der Waals surface area contributed by atoms with Crippen LogP contribution in [0.4, 0.5) is 30.1 Å². The Morgan fingerprint density at radius 3 is 2.58 bits per heavy atom. The Labute approximate surface area is 198 Å². The van der Waals surface area contributed by atoms with Crippen molar-refractivity contribution in [3.63, 3.8) is 0 Å². The van der Waals surface area contributed by atoms with Crippen molar-refractivity contribution in [2.75, 3.05) is 27.8 Å². The maximum Gasteiger partial charge on any atom is 0.328 e. The van der Waals surface area contributed by atoms with Crippen LogP contribution in [-0.4, -0.2) is 40.8 Å². The van der Waals surface area contributed by atoms with Crippen LogP contribution in [0.25, 0.3) is 0 Å². The largest absolute Gasteiger partial charge is 0.483 e. The van der Waals surface area contributed by atoms with Crippen LogP contribution in [-0.2, 0) is 9.59 Å². The summed E-state index contributed by atoms with van der Waals surface area (Å²) in [7, 11) is 0. The van der Waals surface area contributed by atoms with Gasteiger partial charge in [0, 0.05) is 13.5 Å². The lowest BCUT2D eigenvalue weighted by atomic mass is 10.1. The second-order valence-electron chi connectivity index (χ2n) is 7.15. The molecular weight excluding hydrogens is 474 g/mol. The molecule has 3 amide bonds. The first kappa shape index (κ1) is 26.5. The molecule has 1 aliphatic rings. The summed E-state index contributed by atoms with van der Waals surface area (Å²) >= 11 is 2.96. The molecule has 0 bridgehead atoms. The number of amides is 3. The van der Waals surface area contributed by atoms with Crippen LogP contribution in [0.15, 0.2) is 22.5 Å². The summed E-state index contributed by atoms with van der Waals surface area (Å²) in [6.45, 7) is 3.24.